The monoisotopic (exact) mass is 460 g/mol. The molecule has 27 heavy (non-hydrogen) atoms. The topological polar surface area (TPSA) is 78.9 Å². The first kappa shape index (κ1) is 21.8. The number of likely N-dealkylation sites (tertiary alicyclic amines) is 1. The van der Waals surface area contributed by atoms with Crippen molar-refractivity contribution in [2.24, 2.45) is 0 Å². The molecule has 2 rings (SSSR count). The van der Waals surface area contributed by atoms with Gasteiger partial charge in [-0.1, -0.05) is 36.7 Å². The van der Waals surface area contributed by atoms with Crippen molar-refractivity contribution in [1.29, 1.82) is 0 Å². The number of rotatable bonds is 4. The number of hydrogen-bond acceptors (Lipinski definition) is 3. The molecule has 150 valence electrons. The fourth-order valence-electron chi connectivity index (χ4n) is 2.74. The molecule has 1 fully saturated rings. The molecule has 6 nitrogen and oxygen atoms in total. The number of carbonyl (C=O) groups is 2. The van der Waals surface area contributed by atoms with Crippen molar-refractivity contribution in [3.05, 3.63) is 28.5 Å². The summed E-state index contributed by atoms with van der Waals surface area (Å²) in [4.78, 5) is 25.3. The van der Waals surface area contributed by atoms with E-state index in [1.165, 1.54) is 12.1 Å². The third kappa shape index (κ3) is 5.08. The van der Waals surface area contributed by atoms with Crippen LogP contribution < -0.4 is 5.32 Å². The minimum absolute atomic E-state index is 0.0160. The maximum Gasteiger partial charge on any atom is 0.408 e. The van der Waals surface area contributed by atoms with E-state index in [2.05, 4.69) is 55.1 Å². The van der Waals surface area contributed by atoms with Gasteiger partial charge in [0, 0.05) is 17.4 Å². The number of anilines is 1. The van der Waals surface area contributed by atoms with Crippen molar-refractivity contribution < 1.29 is 23.5 Å². The Bertz CT molecular complexity index is 739. The molecule has 1 aliphatic heterocycles. The van der Waals surface area contributed by atoms with Crippen LogP contribution in [0.5, 0.6) is 0 Å². The second-order valence-corrected chi connectivity index (χ2v) is 14.0. The van der Waals surface area contributed by atoms with Crippen molar-refractivity contribution in [1.82, 2.24) is 4.90 Å². The van der Waals surface area contributed by atoms with Gasteiger partial charge in [0.15, 0.2) is 8.32 Å². The lowest BCUT2D eigenvalue weighted by Crippen LogP contribution is -2.45. The average molecular weight is 461 g/mol. The van der Waals surface area contributed by atoms with Gasteiger partial charge in [-0.2, -0.15) is 0 Å². The lowest BCUT2D eigenvalue weighted by molar-refractivity contribution is -0.120. The number of hydrogen-bond donors (Lipinski definition) is 2. The van der Waals surface area contributed by atoms with Crippen molar-refractivity contribution >= 4 is 41.9 Å². The molecule has 1 aromatic carbocycles. The van der Waals surface area contributed by atoms with Crippen LogP contribution in [-0.2, 0) is 9.22 Å². The highest BCUT2D eigenvalue weighted by Gasteiger charge is 2.45. The van der Waals surface area contributed by atoms with Gasteiger partial charge in [-0.25, -0.2) is 9.18 Å². The van der Waals surface area contributed by atoms with Gasteiger partial charge >= 0.3 is 6.09 Å². The first-order chi connectivity index (χ1) is 12.3. The molecule has 1 heterocycles. The third-order valence-corrected chi connectivity index (χ3v) is 10.3. The molecule has 0 spiro atoms. The summed E-state index contributed by atoms with van der Waals surface area (Å²) >= 11 is 3.16. The van der Waals surface area contributed by atoms with Crippen LogP contribution in [0.25, 0.3) is 0 Å². The molecule has 1 aromatic rings. The number of amides is 2. The van der Waals surface area contributed by atoms with E-state index in [4.69, 9.17) is 4.43 Å². The Kier molecular flexibility index (Phi) is 6.38. The van der Waals surface area contributed by atoms with Gasteiger partial charge in [-0.05, 0) is 36.3 Å². The van der Waals surface area contributed by atoms with Crippen LogP contribution in [-0.4, -0.2) is 49.0 Å². The number of carbonyl (C=O) groups excluding carboxylic acids is 1. The number of nitrogens with zero attached hydrogens (tertiary/aromatic N) is 1. The minimum Gasteiger partial charge on any atom is -0.465 e. The zero-order valence-corrected chi connectivity index (χ0v) is 18.8. The maximum atomic E-state index is 14.0. The predicted molar refractivity (Wildman–Crippen MR) is 108 cm³/mol. The van der Waals surface area contributed by atoms with Gasteiger partial charge in [0.25, 0.3) is 0 Å². The Hall–Kier alpha value is -1.45. The molecule has 0 aliphatic carbocycles. The number of nitrogens with one attached hydrogen (secondary N) is 1. The highest BCUT2D eigenvalue weighted by atomic mass is 79.9. The van der Waals surface area contributed by atoms with Crippen LogP contribution in [0.1, 0.15) is 27.2 Å². The van der Waals surface area contributed by atoms with Gasteiger partial charge in [0.2, 0.25) is 5.91 Å². The van der Waals surface area contributed by atoms with E-state index in [9.17, 15) is 19.1 Å². The lowest BCUT2D eigenvalue weighted by atomic mass is 10.2. The highest BCUT2D eigenvalue weighted by molar-refractivity contribution is 9.10. The molecule has 0 aromatic heterocycles. The third-order valence-electron chi connectivity index (χ3n) is 5.27. The normalized spacial score (nSPS) is 20.6. The van der Waals surface area contributed by atoms with E-state index in [-0.39, 0.29) is 29.8 Å². The second-order valence-electron chi connectivity index (χ2n) is 8.30. The average Bonchev–Trinajstić information content (AvgIpc) is 2.92. The lowest BCUT2D eigenvalue weighted by Gasteiger charge is -2.38. The minimum atomic E-state index is -2.10. The van der Waals surface area contributed by atoms with Crippen LogP contribution in [0, 0.1) is 5.82 Å². The summed E-state index contributed by atoms with van der Waals surface area (Å²) < 4.78 is 20.8. The van der Waals surface area contributed by atoms with E-state index < -0.39 is 32.2 Å². The molecule has 0 radical (unpaired) electrons. The molecular formula is C18H26BrFN2O4Si. The molecule has 1 saturated heterocycles. The van der Waals surface area contributed by atoms with E-state index in [0.717, 1.165) is 4.90 Å². The zero-order valence-electron chi connectivity index (χ0n) is 16.2. The van der Waals surface area contributed by atoms with Gasteiger partial charge in [0.05, 0.1) is 11.8 Å². The first-order valence-electron chi connectivity index (χ1n) is 8.75. The highest BCUT2D eigenvalue weighted by Crippen LogP contribution is 2.39. The number of benzene rings is 1. The van der Waals surface area contributed by atoms with Crippen LogP contribution in [0.15, 0.2) is 22.7 Å². The van der Waals surface area contributed by atoms with E-state index in [1.54, 1.807) is 6.07 Å². The standard InChI is InChI=1S/C18H26BrFN2O4Si/c1-18(2,3)27(4,5)26-12-9-15(22(10-12)17(24)25)16(23)21-14-7-6-11(19)8-13(14)20/h6-8,12,15H,9-10H2,1-5H3,(H,21,23)(H,24,25)/t12-,15-/m1/s1. The van der Waals surface area contributed by atoms with Crippen LogP contribution in [0.2, 0.25) is 18.1 Å². The number of carboxylic acid groups (broad SMARTS) is 1. The summed E-state index contributed by atoms with van der Waals surface area (Å²) in [5, 5.41) is 12.0. The van der Waals surface area contributed by atoms with Gasteiger partial charge in [-0.15, -0.1) is 0 Å². The summed E-state index contributed by atoms with van der Waals surface area (Å²) in [5.41, 5.74) is 0.0160. The van der Waals surface area contributed by atoms with E-state index in [1.807, 2.05) is 0 Å². The van der Waals surface area contributed by atoms with Crippen molar-refractivity contribution in [3.8, 4) is 0 Å². The molecule has 2 N–H and O–H groups in total. The Morgan fingerprint density at radius 3 is 2.52 bits per heavy atom. The Morgan fingerprint density at radius 1 is 1.37 bits per heavy atom. The van der Waals surface area contributed by atoms with Gasteiger partial charge in [-0.3, -0.25) is 9.69 Å². The Labute approximate surface area is 168 Å². The SMILES string of the molecule is CC(C)(C)[Si](C)(C)O[C@@H]1C[C@H](C(=O)Nc2ccc(Br)cc2F)N(C(=O)O)C1. The predicted octanol–water partition coefficient (Wildman–Crippen LogP) is 4.67. The first-order valence-corrected chi connectivity index (χ1v) is 12.5. The second kappa shape index (κ2) is 7.88. The van der Waals surface area contributed by atoms with Crippen LogP contribution in [0.4, 0.5) is 14.9 Å². The fourth-order valence-corrected chi connectivity index (χ4v) is 4.43. The summed E-state index contributed by atoms with van der Waals surface area (Å²) in [6.45, 7) is 10.6. The van der Waals surface area contributed by atoms with Crippen LogP contribution >= 0.6 is 15.9 Å². The molecule has 0 unspecified atom stereocenters. The molecule has 9 heteroatoms. The van der Waals surface area contributed by atoms with Crippen LogP contribution in [0.3, 0.4) is 0 Å². The molecule has 1 aliphatic rings. The maximum absolute atomic E-state index is 14.0. The quantitative estimate of drug-likeness (QED) is 0.639. The largest absolute Gasteiger partial charge is 0.465 e. The summed E-state index contributed by atoms with van der Waals surface area (Å²) in [6, 6.07) is 3.36. The zero-order chi connectivity index (χ0) is 20.6. The summed E-state index contributed by atoms with van der Waals surface area (Å²) in [5.74, 6) is -1.15. The van der Waals surface area contributed by atoms with Crippen molar-refractivity contribution in [3.63, 3.8) is 0 Å². The van der Waals surface area contributed by atoms with Crippen molar-refractivity contribution in [2.45, 2.75) is 57.5 Å². The summed E-state index contributed by atoms with van der Waals surface area (Å²) in [6.07, 6.45) is -1.29. The number of halogens is 2. The molecule has 0 bridgehead atoms. The summed E-state index contributed by atoms with van der Waals surface area (Å²) in [7, 11) is -2.10. The Balaban J connectivity index is 2.14. The Morgan fingerprint density at radius 2 is 2.00 bits per heavy atom. The van der Waals surface area contributed by atoms with E-state index in [0.29, 0.717) is 4.47 Å². The fraction of sp³-hybridized carbons (Fsp3) is 0.556. The molecule has 2 atom stereocenters. The van der Waals surface area contributed by atoms with Crippen molar-refractivity contribution in [2.75, 3.05) is 11.9 Å². The molecule has 0 saturated carbocycles. The smallest absolute Gasteiger partial charge is 0.408 e. The van der Waals surface area contributed by atoms with Gasteiger partial charge < -0.3 is 14.8 Å². The van der Waals surface area contributed by atoms with Gasteiger partial charge in [0.1, 0.15) is 11.9 Å². The molecular weight excluding hydrogens is 435 g/mol. The molecule has 2 amide bonds. The van der Waals surface area contributed by atoms with E-state index >= 15 is 0 Å².